The maximum absolute atomic E-state index is 13.1. The van der Waals surface area contributed by atoms with Crippen molar-refractivity contribution in [2.75, 3.05) is 0 Å². The zero-order valence-corrected chi connectivity index (χ0v) is 10.2. The van der Waals surface area contributed by atoms with Crippen molar-refractivity contribution in [2.45, 2.75) is 13.0 Å². The van der Waals surface area contributed by atoms with Crippen LogP contribution < -0.4 is 10.5 Å². The first-order valence-corrected chi connectivity index (χ1v) is 5.64. The molecule has 0 saturated carbocycles. The molecule has 0 heterocycles. The monoisotopic (exact) mass is 267 g/mol. The summed E-state index contributed by atoms with van der Waals surface area (Å²) < 4.78 is 44.6. The van der Waals surface area contributed by atoms with Gasteiger partial charge in [-0.25, -0.2) is 13.2 Å². The smallest absolute Gasteiger partial charge is 0.133 e. The predicted octanol–water partition coefficient (Wildman–Crippen LogP) is 3.92. The van der Waals surface area contributed by atoms with E-state index in [-0.39, 0.29) is 11.5 Å². The average Bonchev–Trinajstić information content (AvgIpc) is 2.30. The lowest BCUT2D eigenvalue weighted by atomic mass is 10.1. The van der Waals surface area contributed by atoms with Crippen LogP contribution in [0.15, 0.2) is 36.4 Å². The lowest BCUT2D eigenvalue weighted by molar-refractivity contribution is 0.457. The second-order valence-electron chi connectivity index (χ2n) is 4.18. The van der Waals surface area contributed by atoms with E-state index in [9.17, 15) is 13.2 Å². The van der Waals surface area contributed by atoms with E-state index >= 15 is 0 Å². The van der Waals surface area contributed by atoms with E-state index in [2.05, 4.69) is 0 Å². The van der Waals surface area contributed by atoms with Gasteiger partial charge in [-0.05, 0) is 25.1 Å². The van der Waals surface area contributed by atoms with Gasteiger partial charge in [-0.2, -0.15) is 0 Å². The van der Waals surface area contributed by atoms with Gasteiger partial charge in [0.2, 0.25) is 0 Å². The Morgan fingerprint density at radius 1 is 0.947 bits per heavy atom. The summed E-state index contributed by atoms with van der Waals surface area (Å²) in [6, 6.07) is 6.14. The summed E-state index contributed by atoms with van der Waals surface area (Å²) in [7, 11) is 0. The molecule has 5 heteroatoms. The van der Waals surface area contributed by atoms with Crippen LogP contribution in [0.25, 0.3) is 0 Å². The largest absolute Gasteiger partial charge is 0.457 e. The summed E-state index contributed by atoms with van der Waals surface area (Å²) in [5, 5.41) is 0. The van der Waals surface area contributed by atoms with Crippen LogP contribution >= 0.6 is 0 Å². The van der Waals surface area contributed by atoms with Crippen molar-refractivity contribution in [3.05, 3.63) is 59.4 Å². The molecule has 0 bridgehead atoms. The van der Waals surface area contributed by atoms with Gasteiger partial charge in [-0.15, -0.1) is 0 Å². The summed E-state index contributed by atoms with van der Waals surface area (Å²) in [6.07, 6.45) is 0. The minimum Gasteiger partial charge on any atom is -0.457 e. The molecular formula is C14H12F3NO. The fraction of sp³-hybridized carbons (Fsp3) is 0.143. The van der Waals surface area contributed by atoms with E-state index < -0.39 is 23.5 Å². The topological polar surface area (TPSA) is 35.2 Å². The van der Waals surface area contributed by atoms with Crippen LogP contribution in [0, 0.1) is 17.5 Å². The summed E-state index contributed by atoms with van der Waals surface area (Å²) in [4.78, 5) is 0. The molecule has 2 aromatic rings. The summed E-state index contributed by atoms with van der Waals surface area (Å²) in [5.41, 5.74) is 6.12. The Kier molecular flexibility index (Phi) is 3.76. The number of rotatable bonds is 3. The van der Waals surface area contributed by atoms with Crippen LogP contribution in [-0.2, 0) is 0 Å². The minimum atomic E-state index is -0.751. The minimum absolute atomic E-state index is 0.00833. The number of hydrogen-bond donors (Lipinski definition) is 1. The molecule has 1 atom stereocenters. The Morgan fingerprint density at radius 3 is 2.16 bits per heavy atom. The first-order valence-electron chi connectivity index (χ1n) is 5.64. The van der Waals surface area contributed by atoms with E-state index in [1.54, 1.807) is 6.92 Å². The summed E-state index contributed by atoms with van der Waals surface area (Å²) >= 11 is 0. The standard InChI is InChI=1S/C14H12F3NO/c1-8(18)13-7-9(15)2-3-14(13)19-12-5-10(16)4-11(17)6-12/h2-8H,18H2,1H3/t8-/m1/s1. The Hall–Kier alpha value is -2.01. The van der Waals surface area contributed by atoms with Crippen molar-refractivity contribution >= 4 is 0 Å². The van der Waals surface area contributed by atoms with Gasteiger partial charge >= 0.3 is 0 Å². The third-order valence-corrected chi connectivity index (χ3v) is 2.53. The molecule has 2 nitrogen and oxygen atoms in total. The molecule has 0 saturated heterocycles. The van der Waals surface area contributed by atoms with Crippen LogP contribution in [0.3, 0.4) is 0 Å². The fourth-order valence-corrected chi connectivity index (χ4v) is 1.68. The lowest BCUT2D eigenvalue weighted by Gasteiger charge is -2.14. The molecule has 0 unspecified atom stereocenters. The van der Waals surface area contributed by atoms with Gasteiger partial charge in [-0.1, -0.05) is 0 Å². The quantitative estimate of drug-likeness (QED) is 0.914. The van der Waals surface area contributed by atoms with E-state index in [0.29, 0.717) is 5.56 Å². The van der Waals surface area contributed by atoms with Gasteiger partial charge < -0.3 is 10.5 Å². The van der Waals surface area contributed by atoms with Crippen molar-refractivity contribution in [2.24, 2.45) is 5.73 Å². The Labute approximate surface area is 108 Å². The van der Waals surface area contributed by atoms with Crippen molar-refractivity contribution in [1.82, 2.24) is 0 Å². The normalized spacial score (nSPS) is 12.3. The van der Waals surface area contributed by atoms with Gasteiger partial charge in [0, 0.05) is 29.8 Å². The third kappa shape index (κ3) is 3.26. The Balaban J connectivity index is 2.37. The number of ether oxygens (including phenoxy) is 1. The number of nitrogens with two attached hydrogens (primary N) is 1. The molecule has 0 aliphatic rings. The molecule has 2 aromatic carbocycles. The Morgan fingerprint density at radius 2 is 1.58 bits per heavy atom. The maximum Gasteiger partial charge on any atom is 0.133 e. The third-order valence-electron chi connectivity index (χ3n) is 2.53. The molecule has 0 spiro atoms. The van der Waals surface area contributed by atoms with Crippen molar-refractivity contribution < 1.29 is 17.9 Å². The van der Waals surface area contributed by atoms with Crippen LogP contribution in [0.4, 0.5) is 13.2 Å². The van der Waals surface area contributed by atoms with E-state index in [1.165, 1.54) is 18.2 Å². The molecule has 0 fully saturated rings. The number of halogens is 3. The highest BCUT2D eigenvalue weighted by atomic mass is 19.1. The number of hydrogen-bond acceptors (Lipinski definition) is 2. The molecule has 0 amide bonds. The zero-order chi connectivity index (χ0) is 14.0. The van der Waals surface area contributed by atoms with Crippen LogP contribution in [0.2, 0.25) is 0 Å². The van der Waals surface area contributed by atoms with Gasteiger partial charge in [-0.3, -0.25) is 0 Å². The molecule has 2 N–H and O–H groups in total. The summed E-state index contributed by atoms with van der Waals surface area (Å²) in [6.45, 7) is 1.66. The van der Waals surface area contributed by atoms with Crippen molar-refractivity contribution in [1.29, 1.82) is 0 Å². The molecule has 0 aliphatic heterocycles. The Bertz CT molecular complexity index is 579. The second-order valence-corrected chi connectivity index (χ2v) is 4.18. The fourth-order valence-electron chi connectivity index (χ4n) is 1.68. The lowest BCUT2D eigenvalue weighted by Crippen LogP contribution is -2.07. The molecular weight excluding hydrogens is 255 g/mol. The number of benzene rings is 2. The van der Waals surface area contributed by atoms with E-state index in [0.717, 1.165) is 18.2 Å². The van der Waals surface area contributed by atoms with Crippen molar-refractivity contribution in [3.8, 4) is 11.5 Å². The first-order chi connectivity index (χ1) is 8.95. The van der Waals surface area contributed by atoms with Crippen LogP contribution in [0.1, 0.15) is 18.5 Å². The molecule has 0 radical (unpaired) electrons. The molecule has 2 rings (SSSR count). The van der Waals surface area contributed by atoms with Gasteiger partial charge in [0.15, 0.2) is 0 Å². The van der Waals surface area contributed by atoms with Gasteiger partial charge in [0.05, 0.1) is 0 Å². The average molecular weight is 267 g/mol. The highest BCUT2D eigenvalue weighted by Gasteiger charge is 2.11. The zero-order valence-electron chi connectivity index (χ0n) is 10.2. The van der Waals surface area contributed by atoms with E-state index in [1.807, 2.05) is 0 Å². The van der Waals surface area contributed by atoms with Crippen LogP contribution in [0.5, 0.6) is 11.5 Å². The second kappa shape index (κ2) is 5.32. The highest BCUT2D eigenvalue weighted by Crippen LogP contribution is 2.30. The predicted molar refractivity (Wildman–Crippen MR) is 65.4 cm³/mol. The SMILES string of the molecule is C[C@@H](N)c1cc(F)ccc1Oc1cc(F)cc(F)c1. The van der Waals surface area contributed by atoms with E-state index in [4.69, 9.17) is 10.5 Å². The molecule has 0 aliphatic carbocycles. The van der Waals surface area contributed by atoms with Crippen LogP contribution in [-0.4, -0.2) is 0 Å². The molecule has 100 valence electrons. The first kappa shape index (κ1) is 13.4. The molecule has 19 heavy (non-hydrogen) atoms. The van der Waals surface area contributed by atoms with Gasteiger partial charge in [0.1, 0.15) is 29.0 Å². The van der Waals surface area contributed by atoms with Gasteiger partial charge in [0.25, 0.3) is 0 Å². The summed E-state index contributed by atoms with van der Waals surface area (Å²) in [5.74, 6) is -1.70. The highest BCUT2D eigenvalue weighted by molar-refractivity contribution is 5.40. The maximum atomic E-state index is 13.1. The molecule has 0 aromatic heterocycles. The van der Waals surface area contributed by atoms with Crippen molar-refractivity contribution in [3.63, 3.8) is 0 Å².